The Morgan fingerprint density at radius 3 is 2.64 bits per heavy atom. The first-order valence-corrected chi connectivity index (χ1v) is 11.0. The monoisotopic (exact) mass is 445 g/mol. The molecule has 0 unspecified atom stereocenters. The zero-order valence-electron chi connectivity index (χ0n) is 19.0. The Morgan fingerprint density at radius 2 is 1.94 bits per heavy atom. The summed E-state index contributed by atoms with van der Waals surface area (Å²) in [5.74, 6) is 2.09. The number of aromatic nitrogens is 6. The van der Waals surface area contributed by atoms with Gasteiger partial charge in [-0.1, -0.05) is 29.4 Å². The molecule has 1 aromatic carbocycles. The Labute approximate surface area is 192 Å². The first kappa shape index (κ1) is 21.3. The molecule has 9 heteroatoms. The number of nitrogen functional groups attached to an aromatic ring is 1. The Hall–Kier alpha value is -3.59. The normalized spacial score (nSPS) is 15.5. The predicted octanol–water partition coefficient (Wildman–Crippen LogP) is 3.64. The van der Waals surface area contributed by atoms with E-state index in [1.54, 1.807) is 19.5 Å². The highest BCUT2D eigenvalue weighted by Crippen LogP contribution is 2.50. The van der Waals surface area contributed by atoms with Gasteiger partial charge in [0.25, 0.3) is 5.89 Å². The van der Waals surface area contributed by atoms with Crippen LogP contribution in [0.2, 0.25) is 0 Å². The minimum Gasteiger partial charge on any atom is -0.383 e. The maximum atomic E-state index is 5.81. The molecule has 1 saturated carbocycles. The van der Waals surface area contributed by atoms with Crippen LogP contribution in [-0.4, -0.2) is 43.6 Å². The Bertz CT molecular complexity index is 1260. The first-order chi connectivity index (χ1) is 16.0. The van der Waals surface area contributed by atoms with Gasteiger partial charge in [-0.3, -0.25) is 4.68 Å². The van der Waals surface area contributed by atoms with Gasteiger partial charge in [0.05, 0.1) is 47.9 Å². The van der Waals surface area contributed by atoms with Crippen molar-refractivity contribution in [1.82, 2.24) is 29.9 Å². The van der Waals surface area contributed by atoms with Crippen LogP contribution in [0.3, 0.4) is 0 Å². The fraction of sp³-hybridized carbons (Fsp3) is 0.375. The van der Waals surface area contributed by atoms with Gasteiger partial charge < -0.3 is 15.0 Å². The van der Waals surface area contributed by atoms with Gasteiger partial charge in [0.2, 0.25) is 0 Å². The molecule has 0 saturated heterocycles. The van der Waals surface area contributed by atoms with Crippen molar-refractivity contribution in [3.8, 4) is 22.7 Å². The summed E-state index contributed by atoms with van der Waals surface area (Å²) in [5.41, 5.74) is 9.94. The number of hydrogen-bond donors (Lipinski definition) is 1. The minimum atomic E-state index is -0.338. The summed E-state index contributed by atoms with van der Waals surface area (Å²) < 4.78 is 12.6. The van der Waals surface area contributed by atoms with Crippen LogP contribution in [0.25, 0.3) is 22.7 Å². The second-order valence-electron chi connectivity index (χ2n) is 8.69. The van der Waals surface area contributed by atoms with Gasteiger partial charge in [-0.2, -0.15) is 10.1 Å². The topological polar surface area (TPSA) is 118 Å². The van der Waals surface area contributed by atoms with Crippen molar-refractivity contribution in [1.29, 1.82) is 0 Å². The van der Waals surface area contributed by atoms with E-state index in [4.69, 9.17) is 20.0 Å². The molecule has 9 nitrogen and oxygen atoms in total. The maximum Gasteiger partial charge on any atom is 0.261 e. The summed E-state index contributed by atoms with van der Waals surface area (Å²) in [6, 6.07) is 8.38. The van der Waals surface area contributed by atoms with Crippen LogP contribution in [0, 0.1) is 12.8 Å². The largest absolute Gasteiger partial charge is 0.383 e. The summed E-state index contributed by atoms with van der Waals surface area (Å²) in [6.45, 7) is 5.32. The quantitative estimate of drug-likeness (QED) is 0.437. The van der Waals surface area contributed by atoms with Gasteiger partial charge in [-0.15, -0.1) is 0 Å². The fourth-order valence-corrected chi connectivity index (χ4v) is 4.16. The van der Waals surface area contributed by atoms with Crippen LogP contribution < -0.4 is 5.73 Å². The Balaban J connectivity index is 1.43. The van der Waals surface area contributed by atoms with E-state index in [1.165, 1.54) is 0 Å². The van der Waals surface area contributed by atoms with E-state index >= 15 is 0 Å². The lowest BCUT2D eigenvalue weighted by molar-refractivity contribution is 0.183. The molecule has 1 fully saturated rings. The Kier molecular flexibility index (Phi) is 5.41. The number of benzene rings is 1. The van der Waals surface area contributed by atoms with Crippen LogP contribution >= 0.6 is 0 Å². The molecule has 0 radical (unpaired) electrons. The molecule has 3 aromatic heterocycles. The molecule has 0 aliphatic heterocycles. The lowest BCUT2D eigenvalue weighted by Gasteiger charge is -2.27. The molecule has 33 heavy (non-hydrogen) atoms. The zero-order chi connectivity index (χ0) is 23.0. The standard InChI is InChI=1S/C24H27N7O2/c1-15-21(25)26-13-20(28-15)16-4-6-18(7-5-16)24(2,19-8-9-19)23-29-22(33-30-23)17-12-27-31(14-17)10-11-32-3/h4-7,12-14,19H,8-11H2,1-3H3,(H2,25,26)/t24-/m0/s1. The second kappa shape index (κ2) is 8.40. The summed E-state index contributed by atoms with van der Waals surface area (Å²) in [5, 5.41) is 8.74. The molecule has 1 aliphatic rings. The molecule has 2 N–H and O–H groups in total. The lowest BCUT2D eigenvalue weighted by atomic mass is 9.77. The van der Waals surface area contributed by atoms with E-state index in [2.05, 4.69) is 51.4 Å². The van der Waals surface area contributed by atoms with Gasteiger partial charge in [-0.05, 0) is 38.2 Å². The number of aryl methyl sites for hydroxylation is 1. The van der Waals surface area contributed by atoms with Crippen molar-refractivity contribution >= 4 is 5.82 Å². The third-order valence-electron chi connectivity index (χ3n) is 6.45. The van der Waals surface area contributed by atoms with E-state index in [-0.39, 0.29) is 5.41 Å². The molecule has 0 amide bonds. The number of ether oxygens (including phenoxy) is 1. The lowest BCUT2D eigenvalue weighted by Crippen LogP contribution is -2.28. The molecular weight excluding hydrogens is 418 g/mol. The summed E-state index contributed by atoms with van der Waals surface area (Å²) in [6.07, 6.45) is 7.62. The van der Waals surface area contributed by atoms with Crippen LogP contribution in [0.15, 0.2) is 47.4 Å². The number of anilines is 1. The highest BCUT2D eigenvalue weighted by Gasteiger charge is 2.47. The summed E-state index contributed by atoms with van der Waals surface area (Å²) in [7, 11) is 1.67. The van der Waals surface area contributed by atoms with E-state index < -0.39 is 0 Å². The van der Waals surface area contributed by atoms with Gasteiger partial charge in [0.1, 0.15) is 5.82 Å². The first-order valence-electron chi connectivity index (χ1n) is 11.0. The Morgan fingerprint density at radius 1 is 1.15 bits per heavy atom. The average molecular weight is 446 g/mol. The molecule has 0 spiro atoms. The van der Waals surface area contributed by atoms with Gasteiger partial charge in [0, 0.05) is 18.9 Å². The predicted molar refractivity (Wildman–Crippen MR) is 123 cm³/mol. The van der Waals surface area contributed by atoms with Crippen LogP contribution in [0.4, 0.5) is 5.82 Å². The zero-order valence-corrected chi connectivity index (χ0v) is 19.0. The number of nitrogens with zero attached hydrogens (tertiary/aromatic N) is 6. The molecule has 3 heterocycles. The van der Waals surface area contributed by atoms with Crippen molar-refractivity contribution in [3.05, 3.63) is 59.9 Å². The maximum absolute atomic E-state index is 5.81. The molecular formula is C24H27N7O2. The minimum absolute atomic E-state index is 0.338. The second-order valence-corrected chi connectivity index (χ2v) is 8.69. The number of nitrogens with two attached hydrogens (primary N) is 1. The molecule has 4 aromatic rings. The highest BCUT2D eigenvalue weighted by molar-refractivity contribution is 5.60. The highest BCUT2D eigenvalue weighted by atomic mass is 16.5. The van der Waals surface area contributed by atoms with E-state index in [0.29, 0.717) is 36.6 Å². The molecule has 1 atom stereocenters. The van der Waals surface area contributed by atoms with Gasteiger partial charge in [-0.25, -0.2) is 9.97 Å². The third-order valence-corrected chi connectivity index (χ3v) is 6.45. The number of rotatable bonds is 8. The number of methoxy groups -OCH3 is 1. The van der Waals surface area contributed by atoms with E-state index in [1.807, 2.05) is 17.8 Å². The summed E-state index contributed by atoms with van der Waals surface area (Å²) in [4.78, 5) is 13.6. The molecule has 1 aliphatic carbocycles. The number of hydrogen-bond acceptors (Lipinski definition) is 8. The molecule has 5 rings (SSSR count). The van der Waals surface area contributed by atoms with Crippen molar-refractivity contribution in [2.24, 2.45) is 5.92 Å². The van der Waals surface area contributed by atoms with Gasteiger partial charge >= 0.3 is 0 Å². The average Bonchev–Trinajstić information content (AvgIpc) is 3.38. The molecule has 170 valence electrons. The van der Waals surface area contributed by atoms with Crippen LogP contribution in [-0.2, 0) is 16.7 Å². The summed E-state index contributed by atoms with van der Waals surface area (Å²) >= 11 is 0. The smallest absolute Gasteiger partial charge is 0.261 e. The van der Waals surface area contributed by atoms with Crippen molar-refractivity contribution < 1.29 is 9.26 Å². The van der Waals surface area contributed by atoms with Crippen molar-refractivity contribution in [2.75, 3.05) is 19.5 Å². The van der Waals surface area contributed by atoms with E-state index in [9.17, 15) is 0 Å². The van der Waals surface area contributed by atoms with Crippen LogP contribution in [0.1, 0.15) is 36.8 Å². The molecule has 0 bridgehead atoms. The van der Waals surface area contributed by atoms with Gasteiger partial charge in [0.15, 0.2) is 5.82 Å². The SMILES string of the molecule is COCCn1cc(-c2nc([C@@](C)(c3ccc(-c4cnc(N)c(C)n4)cc3)C3CC3)no2)cn1. The fourth-order valence-electron chi connectivity index (χ4n) is 4.16. The third kappa shape index (κ3) is 4.00. The van der Waals surface area contributed by atoms with Crippen LogP contribution in [0.5, 0.6) is 0 Å². The van der Waals surface area contributed by atoms with E-state index in [0.717, 1.165) is 40.9 Å². The van der Waals surface area contributed by atoms with Crippen molar-refractivity contribution in [3.63, 3.8) is 0 Å². The van der Waals surface area contributed by atoms with Crippen molar-refractivity contribution in [2.45, 2.75) is 38.6 Å².